The Balaban J connectivity index is 2.23. The SMILES string of the molecule is Cc1cc(Br)cc(-c2nc3c(N)cc(Br)cc3[nH]2)c1. The van der Waals surface area contributed by atoms with Gasteiger partial charge in [0.2, 0.25) is 0 Å². The van der Waals surface area contributed by atoms with Crippen molar-refractivity contribution in [2.75, 3.05) is 5.73 Å². The molecule has 0 aliphatic carbocycles. The van der Waals surface area contributed by atoms with Crippen molar-refractivity contribution in [3.8, 4) is 11.4 Å². The van der Waals surface area contributed by atoms with E-state index >= 15 is 0 Å². The fourth-order valence-electron chi connectivity index (χ4n) is 2.12. The van der Waals surface area contributed by atoms with E-state index < -0.39 is 0 Å². The molecule has 0 amide bonds. The number of benzene rings is 2. The summed E-state index contributed by atoms with van der Waals surface area (Å²) in [6.07, 6.45) is 0. The molecule has 0 atom stereocenters. The third-order valence-electron chi connectivity index (χ3n) is 2.90. The van der Waals surface area contributed by atoms with Gasteiger partial charge >= 0.3 is 0 Å². The van der Waals surface area contributed by atoms with Crippen molar-refractivity contribution in [1.29, 1.82) is 0 Å². The second kappa shape index (κ2) is 4.65. The third kappa shape index (κ3) is 2.40. The number of halogens is 2. The fourth-order valence-corrected chi connectivity index (χ4v) is 3.20. The van der Waals surface area contributed by atoms with Crippen molar-refractivity contribution >= 4 is 48.6 Å². The van der Waals surface area contributed by atoms with Crippen molar-refractivity contribution in [2.24, 2.45) is 0 Å². The number of H-pyrrole nitrogens is 1. The Morgan fingerprint density at radius 3 is 2.53 bits per heavy atom. The fraction of sp³-hybridized carbons (Fsp3) is 0.0714. The minimum Gasteiger partial charge on any atom is -0.397 e. The molecule has 2 aromatic carbocycles. The number of hydrogen-bond donors (Lipinski definition) is 2. The summed E-state index contributed by atoms with van der Waals surface area (Å²) in [6.45, 7) is 2.06. The highest BCUT2D eigenvalue weighted by molar-refractivity contribution is 9.10. The van der Waals surface area contributed by atoms with Crippen LogP contribution in [0.2, 0.25) is 0 Å². The monoisotopic (exact) mass is 379 g/mol. The summed E-state index contributed by atoms with van der Waals surface area (Å²) in [4.78, 5) is 7.89. The number of hydrogen-bond acceptors (Lipinski definition) is 2. The van der Waals surface area contributed by atoms with Gasteiger partial charge in [-0.05, 0) is 42.8 Å². The van der Waals surface area contributed by atoms with Crippen LogP contribution in [0.1, 0.15) is 5.56 Å². The number of nitrogens with zero attached hydrogens (tertiary/aromatic N) is 1. The number of anilines is 1. The molecule has 0 saturated carbocycles. The molecule has 0 unspecified atom stereocenters. The normalized spacial score (nSPS) is 11.1. The Kier molecular flexibility index (Phi) is 3.11. The van der Waals surface area contributed by atoms with Crippen molar-refractivity contribution in [3.05, 3.63) is 44.8 Å². The second-order valence-corrected chi connectivity index (χ2v) is 6.33. The van der Waals surface area contributed by atoms with Crippen molar-refractivity contribution in [3.63, 3.8) is 0 Å². The molecule has 0 radical (unpaired) electrons. The van der Waals surface area contributed by atoms with Gasteiger partial charge in [-0.25, -0.2) is 4.98 Å². The zero-order chi connectivity index (χ0) is 13.6. The van der Waals surface area contributed by atoms with E-state index in [0.29, 0.717) is 5.69 Å². The lowest BCUT2D eigenvalue weighted by Crippen LogP contribution is -1.86. The molecular weight excluding hydrogens is 370 g/mol. The molecule has 0 aliphatic heterocycles. The number of nitrogens with one attached hydrogen (secondary N) is 1. The standard InChI is InChI=1S/C14H11Br2N3/c1-7-2-8(4-9(15)3-7)14-18-12-6-10(16)5-11(17)13(12)19-14/h2-6H,17H2,1H3,(H,18,19). The topological polar surface area (TPSA) is 54.7 Å². The van der Waals surface area contributed by atoms with E-state index in [-0.39, 0.29) is 0 Å². The number of aryl methyl sites for hydroxylation is 1. The van der Waals surface area contributed by atoms with Gasteiger partial charge < -0.3 is 10.7 Å². The molecule has 0 fully saturated rings. The molecule has 0 bridgehead atoms. The number of rotatable bonds is 1. The molecule has 3 aromatic rings. The predicted molar refractivity (Wildman–Crippen MR) is 86.1 cm³/mol. The second-order valence-electron chi connectivity index (χ2n) is 4.49. The smallest absolute Gasteiger partial charge is 0.138 e. The van der Waals surface area contributed by atoms with Gasteiger partial charge in [-0.15, -0.1) is 0 Å². The van der Waals surface area contributed by atoms with E-state index in [1.54, 1.807) is 0 Å². The first-order chi connectivity index (χ1) is 9.02. The highest BCUT2D eigenvalue weighted by Gasteiger charge is 2.09. The zero-order valence-electron chi connectivity index (χ0n) is 10.2. The van der Waals surface area contributed by atoms with Crippen LogP contribution in [0.5, 0.6) is 0 Å². The first-order valence-corrected chi connectivity index (χ1v) is 7.34. The lowest BCUT2D eigenvalue weighted by Gasteiger charge is -2.00. The van der Waals surface area contributed by atoms with Gasteiger partial charge in [-0.2, -0.15) is 0 Å². The van der Waals surface area contributed by atoms with Crippen LogP contribution in [0.15, 0.2) is 39.3 Å². The Morgan fingerprint density at radius 1 is 1.05 bits per heavy atom. The van der Waals surface area contributed by atoms with Gasteiger partial charge in [0.05, 0.1) is 11.2 Å². The van der Waals surface area contributed by atoms with Crippen LogP contribution < -0.4 is 5.73 Å². The Hall–Kier alpha value is -1.33. The van der Waals surface area contributed by atoms with Gasteiger partial charge in [-0.3, -0.25) is 0 Å². The van der Waals surface area contributed by atoms with E-state index in [4.69, 9.17) is 5.73 Å². The summed E-state index contributed by atoms with van der Waals surface area (Å²) in [5.74, 6) is 0.823. The quantitative estimate of drug-likeness (QED) is 0.604. The lowest BCUT2D eigenvalue weighted by atomic mass is 10.1. The number of nitrogen functional groups attached to an aromatic ring is 1. The van der Waals surface area contributed by atoms with Crippen LogP contribution in [0.3, 0.4) is 0 Å². The average molecular weight is 381 g/mol. The van der Waals surface area contributed by atoms with Gasteiger partial charge in [0.25, 0.3) is 0 Å². The summed E-state index contributed by atoms with van der Waals surface area (Å²) in [5.41, 5.74) is 10.6. The predicted octanol–water partition coefficient (Wildman–Crippen LogP) is 4.65. The summed E-state index contributed by atoms with van der Waals surface area (Å²) < 4.78 is 1.98. The molecular formula is C14H11Br2N3. The number of nitrogens with two attached hydrogens (primary N) is 1. The Labute approximate surface area is 127 Å². The summed E-state index contributed by atoms with van der Waals surface area (Å²) >= 11 is 6.94. The Morgan fingerprint density at radius 2 is 1.79 bits per heavy atom. The molecule has 0 aliphatic rings. The van der Waals surface area contributed by atoms with E-state index in [1.807, 2.05) is 18.2 Å². The third-order valence-corrected chi connectivity index (χ3v) is 3.81. The Bertz CT molecular complexity index is 757. The average Bonchev–Trinajstić information content (AvgIpc) is 2.71. The van der Waals surface area contributed by atoms with Gasteiger partial charge in [0.15, 0.2) is 0 Å². The van der Waals surface area contributed by atoms with Crippen LogP contribution >= 0.6 is 31.9 Å². The maximum absolute atomic E-state index is 5.99. The molecule has 5 heteroatoms. The van der Waals surface area contributed by atoms with Crippen LogP contribution in [0, 0.1) is 6.92 Å². The van der Waals surface area contributed by atoms with Gasteiger partial charge in [0.1, 0.15) is 11.3 Å². The van der Waals surface area contributed by atoms with Crippen LogP contribution in [-0.4, -0.2) is 9.97 Å². The number of imidazole rings is 1. The summed E-state index contributed by atoms with van der Waals surface area (Å²) in [5, 5.41) is 0. The molecule has 3 rings (SSSR count). The minimum atomic E-state index is 0.665. The number of aromatic nitrogens is 2. The van der Waals surface area contributed by atoms with Crippen molar-refractivity contribution in [2.45, 2.75) is 6.92 Å². The van der Waals surface area contributed by atoms with Crippen LogP contribution in [0.4, 0.5) is 5.69 Å². The van der Waals surface area contributed by atoms with Gasteiger partial charge in [0, 0.05) is 14.5 Å². The highest BCUT2D eigenvalue weighted by atomic mass is 79.9. The van der Waals surface area contributed by atoms with Gasteiger partial charge in [-0.1, -0.05) is 31.9 Å². The minimum absolute atomic E-state index is 0.665. The molecule has 1 aromatic heterocycles. The first-order valence-electron chi connectivity index (χ1n) is 5.75. The summed E-state index contributed by atoms with van der Waals surface area (Å²) in [7, 11) is 0. The molecule has 0 spiro atoms. The molecule has 0 saturated heterocycles. The van der Waals surface area contributed by atoms with Crippen molar-refractivity contribution < 1.29 is 0 Å². The molecule has 19 heavy (non-hydrogen) atoms. The maximum atomic E-state index is 5.99. The van der Waals surface area contributed by atoms with E-state index in [0.717, 1.165) is 31.4 Å². The van der Waals surface area contributed by atoms with E-state index in [2.05, 4.69) is 60.9 Å². The highest BCUT2D eigenvalue weighted by Crippen LogP contribution is 2.29. The molecule has 1 heterocycles. The van der Waals surface area contributed by atoms with Crippen LogP contribution in [0.25, 0.3) is 22.4 Å². The van der Waals surface area contributed by atoms with Crippen molar-refractivity contribution in [1.82, 2.24) is 9.97 Å². The van der Waals surface area contributed by atoms with E-state index in [1.165, 1.54) is 5.56 Å². The zero-order valence-corrected chi connectivity index (χ0v) is 13.3. The first kappa shape index (κ1) is 12.7. The van der Waals surface area contributed by atoms with Crippen LogP contribution in [-0.2, 0) is 0 Å². The van der Waals surface area contributed by atoms with E-state index in [9.17, 15) is 0 Å². The number of fused-ring (bicyclic) bond motifs is 1. The number of aromatic amines is 1. The summed E-state index contributed by atoms with van der Waals surface area (Å²) in [6, 6.07) is 10.0. The lowest BCUT2D eigenvalue weighted by molar-refractivity contribution is 1.32. The maximum Gasteiger partial charge on any atom is 0.138 e. The largest absolute Gasteiger partial charge is 0.397 e. The molecule has 3 nitrogen and oxygen atoms in total. The molecule has 3 N–H and O–H groups in total. The molecule has 96 valence electrons.